The summed E-state index contributed by atoms with van der Waals surface area (Å²) in [5.41, 5.74) is 1.40. The van der Waals surface area contributed by atoms with Crippen molar-refractivity contribution in [2.24, 2.45) is 0 Å². The van der Waals surface area contributed by atoms with Crippen LogP contribution in [-0.2, 0) is 6.54 Å². The number of rotatable bonds is 3. The lowest BCUT2D eigenvalue weighted by Crippen LogP contribution is -2.23. The Balaban J connectivity index is 1.55. The van der Waals surface area contributed by atoms with Crippen molar-refractivity contribution in [1.82, 2.24) is 19.9 Å². The van der Waals surface area contributed by atoms with Crippen molar-refractivity contribution in [3.8, 4) is 0 Å². The van der Waals surface area contributed by atoms with E-state index in [0.717, 1.165) is 16.4 Å². The van der Waals surface area contributed by atoms with E-state index in [4.69, 9.17) is 0 Å². The number of amides is 1. The highest BCUT2D eigenvalue weighted by molar-refractivity contribution is 5.98. The average molecular weight is 302 g/mol. The summed E-state index contributed by atoms with van der Waals surface area (Å²) in [6, 6.07) is 19.3. The van der Waals surface area contributed by atoms with E-state index in [0.29, 0.717) is 17.9 Å². The van der Waals surface area contributed by atoms with Gasteiger partial charge in [-0.25, -0.2) is 0 Å². The van der Waals surface area contributed by atoms with Crippen LogP contribution >= 0.6 is 0 Å². The molecule has 4 rings (SSSR count). The van der Waals surface area contributed by atoms with Crippen molar-refractivity contribution in [2.75, 3.05) is 0 Å². The van der Waals surface area contributed by atoms with E-state index >= 15 is 0 Å². The minimum Gasteiger partial charge on any atom is -0.345 e. The van der Waals surface area contributed by atoms with Crippen molar-refractivity contribution in [3.63, 3.8) is 0 Å². The van der Waals surface area contributed by atoms with E-state index in [1.165, 1.54) is 0 Å². The summed E-state index contributed by atoms with van der Waals surface area (Å²) in [5.74, 6) is 0.582. The number of hydrogen-bond acceptors (Lipinski definition) is 3. The first-order valence-electron chi connectivity index (χ1n) is 7.37. The molecule has 23 heavy (non-hydrogen) atoms. The number of nitrogens with zero attached hydrogens (tertiary/aromatic N) is 3. The van der Waals surface area contributed by atoms with Crippen molar-refractivity contribution in [3.05, 3.63) is 78.2 Å². The zero-order chi connectivity index (χ0) is 15.6. The van der Waals surface area contributed by atoms with Crippen LogP contribution in [0.5, 0.6) is 0 Å². The number of pyridine rings is 1. The molecule has 0 atom stereocenters. The molecule has 2 aromatic heterocycles. The van der Waals surface area contributed by atoms with E-state index in [2.05, 4.69) is 15.5 Å². The Morgan fingerprint density at radius 2 is 1.78 bits per heavy atom. The maximum atomic E-state index is 12.4. The van der Waals surface area contributed by atoms with Crippen LogP contribution in [0.2, 0.25) is 0 Å². The molecule has 0 radical (unpaired) electrons. The van der Waals surface area contributed by atoms with Crippen molar-refractivity contribution in [2.45, 2.75) is 6.54 Å². The minimum atomic E-state index is -0.122. The molecule has 0 fully saturated rings. The molecule has 0 aliphatic heterocycles. The fraction of sp³-hybridized carbons (Fsp3) is 0.0556. The Kier molecular flexibility index (Phi) is 3.24. The summed E-state index contributed by atoms with van der Waals surface area (Å²) in [6.07, 6.45) is 1.88. The van der Waals surface area contributed by atoms with E-state index in [1.54, 1.807) is 0 Å². The van der Waals surface area contributed by atoms with Crippen LogP contribution in [0.1, 0.15) is 16.2 Å². The molecule has 0 aliphatic rings. The van der Waals surface area contributed by atoms with Gasteiger partial charge in [0.1, 0.15) is 0 Å². The SMILES string of the molecule is O=C(NCc1nnc2ccccn12)c1ccc2ccccc2c1. The summed E-state index contributed by atoms with van der Waals surface area (Å²) in [6.45, 7) is 0.330. The summed E-state index contributed by atoms with van der Waals surface area (Å²) in [7, 11) is 0. The Hall–Kier alpha value is -3.21. The fourth-order valence-corrected chi connectivity index (χ4v) is 2.60. The molecule has 5 heteroatoms. The van der Waals surface area contributed by atoms with E-state index < -0.39 is 0 Å². The molecule has 2 heterocycles. The van der Waals surface area contributed by atoms with Gasteiger partial charge in [0.2, 0.25) is 0 Å². The Labute approximate surface area is 132 Å². The van der Waals surface area contributed by atoms with E-state index in [1.807, 2.05) is 71.3 Å². The minimum absolute atomic E-state index is 0.122. The lowest BCUT2D eigenvalue weighted by molar-refractivity contribution is 0.0950. The average Bonchev–Trinajstić information content (AvgIpc) is 3.02. The first-order chi connectivity index (χ1) is 11.3. The van der Waals surface area contributed by atoms with Gasteiger partial charge < -0.3 is 5.32 Å². The van der Waals surface area contributed by atoms with Crippen molar-refractivity contribution < 1.29 is 4.79 Å². The largest absolute Gasteiger partial charge is 0.345 e. The summed E-state index contributed by atoms with van der Waals surface area (Å²) < 4.78 is 1.86. The number of aromatic nitrogens is 3. The molecule has 2 aromatic carbocycles. The highest BCUT2D eigenvalue weighted by Crippen LogP contribution is 2.15. The molecule has 0 saturated heterocycles. The third-order valence-corrected chi connectivity index (χ3v) is 3.80. The molecule has 0 aliphatic carbocycles. The van der Waals surface area contributed by atoms with E-state index in [9.17, 15) is 4.79 Å². The van der Waals surface area contributed by atoms with Crippen LogP contribution in [0.25, 0.3) is 16.4 Å². The van der Waals surface area contributed by atoms with Crippen molar-refractivity contribution in [1.29, 1.82) is 0 Å². The lowest BCUT2D eigenvalue weighted by Gasteiger charge is -2.05. The monoisotopic (exact) mass is 302 g/mol. The molecule has 1 amide bonds. The van der Waals surface area contributed by atoms with Crippen LogP contribution in [-0.4, -0.2) is 20.5 Å². The molecule has 4 aromatic rings. The molecule has 1 N–H and O–H groups in total. The van der Waals surface area contributed by atoms with Crippen molar-refractivity contribution >= 4 is 22.3 Å². The Morgan fingerprint density at radius 3 is 2.70 bits per heavy atom. The van der Waals surface area contributed by atoms with Gasteiger partial charge in [0.05, 0.1) is 6.54 Å². The van der Waals surface area contributed by atoms with Gasteiger partial charge >= 0.3 is 0 Å². The topological polar surface area (TPSA) is 59.3 Å². The predicted molar refractivity (Wildman–Crippen MR) is 88.1 cm³/mol. The normalized spacial score (nSPS) is 11.0. The van der Waals surface area contributed by atoms with Gasteiger partial charge in [0.25, 0.3) is 5.91 Å². The summed E-state index contributed by atoms with van der Waals surface area (Å²) in [4.78, 5) is 12.4. The highest BCUT2D eigenvalue weighted by atomic mass is 16.1. The van der Waals surface area contributed by atoms with Gasteiger partial charge in [-0.2, -0.15) is 0 Å². The van der Waals surface area contributed by atoms with Crippen LogP contribution < -0.4 is 5.32 Å². The molecule has 0 bridgehead atoms. The van der Waals surface area contributed by atoms with Gasteiger partial charge in [-0.05, 0) is 35.0 Å². The van der Waals surface area contributed by atoms with Gasteiger partial charge in [0.15, 0.2) is 11.5 Å². The van der Waals surface area contributed by atoms with Gasteiger partial charge in [-0.3, -0.25) is 9.20 Å². The maximum Gasteiger partial charge on any atom is 0.251 e. The van der Waals surface area contributed by atoms with Crippen LogP contribution in [0.15, 0.2) is 66.9 Å². The molecular formula is C18H14N4O. The number of fused-ring (bicyclic) bond motifs is 2. The quantitative estimate of drug-likeness (QED) is 0.633. The smallest absolute Gasteiger partial charge is 0.251 e. The number of nitrogens with one attached hydrogen (secondary N) is 1. The zero-order valence-electron chi connectivity index (χ0n) is 12.3. The second kappa shape index (κ2) is 5.53. The van der Waals surface area contributed by atoms with Crippen LogP contribution in [0, 0.1) is 0 Å². The predicted octanol–water partition coefficient (Wildman–Crippen LogP) is 2.81. The Morgan fingerprint density at radius 1 is 0.957 bits per heavy atom. The first-order valence-corrected chi connectivity index (χ1v) is 7.37. The fourth-order valence-electron chi connectivity index (χ4n) is 2.60. The molecule has 0 unspecified atom stereocenters. The molecular weight excluding hydrogens is 288 g/mol. The first kappa shape index (κ1) is 13.5. The lowest BCUT2D eigenvalue weighted by atomic mass is 10.1. The van der Waals surface area contributed by atoms with Gasteiger partial charge in [0, 0.05) is 11.8 Å². The number of carbonyl (C=O) groups is 1. The van der Waals surface area contributed by atoms with Gasteiger partial charge in [-0.1, -0.05) is 36.4 Å². The second-order valence-corrected chi connectivity index (χ2v) is 5.29. The summed E-state index contributed by atoms with van der Waals surface area (Å²) in [5, 5.41) is 13.2. The van der Waals surface area contributed by atoms with Crippen LogP contribution in [0.3, 0.4) is 0 Å². The van der Waals surface area contributed by atoms with E-state index in [-0.39, 0.29) is 5.91 Å². The number of hydrogen-bond donors (Lipinski definition) is 1. The molecule has 112 valence electrons. The highest BCUT2D eigenvalue weighted by Gasteiger charge is 2.09. The third-order valence-electron chi connectivity index (χ3n) is 3.80. The number of benzene rings is 2. The van der Waals surface area contributed by atoms with Gasteiger partial charge in [-0.15, -0.1) is 10.2 Å². The van der Waals surface area contributed by atoms with Crippen LogP contribution in [0.4, 0.5) is 0 Å². The third kappa shape index (κ3) is 2.53. The standard InChI is InChI=1S/C18H14N4O/c23-18(15-9-8-13-5-1-2-6-14(13)11-15)19-12-17-21-20-16-7-3-4-10-22(16)17/h1-11H,12H2,(H,19,23). The summed E-state index contributed by atoms with van der Waals surface area (Å²) >= 11 is 0. The zero-order valence-corrected chi connectivity index (χ0v) is 12.3. The maximum absolute atomic E-state index is 12.4. The molecule has 0 saturated carbocycles. The molecule has 5 nitrogen and oxygen atoms in total. The second-order valence-electron chi connectivity index (χ2n) is 5.29. The molecule has 0 spiro atoms. The Bertz CT molecular complexity index is 1010. The number of carbonyl (C=O) groups excluding carboxylic acids is 1.